The standard InChI is InChI=1S/C23H29F3N4O3/c1-29(18-3-2-16(11-28-18)23(24,25)26)17-4-5-30(12-17)21(32)33-19-14-6-13-7-15(19)10-22(8-13,9-14)20(27)31/h2-3,11,13-15,17,19H,4-10,12H2,1H3,(H2,27,31). The molecule has 0 spiro atoms. The van der Waals surface area contributed by atoms with Crippen molar-refractivity contribution in [1.82, 2.24) is 9.88 Å². The molecule has 1 aliphatic heterocycles. The number of ether oxygens (including phenoxy) is 1. The summed E-state index contributed by atoms with van der Waals surface area (Å²) in [6.07, 6.45) is 0.809. The van der Waals surface area contributed by atoms with Gasteiger partial charge in [0.1, 0.15) is 11.9 Å². The van der Waals surface area contributed by atoms with Gasteiger partial charge in [-0.15, -0.1) is 0 Å². The summed E-state index contributed by atoms with van der Waals surface area (Å²) in [5.74, 6) is 1.08. The highest BCUT2D eigenvalue weighted by atomic mass is 19.4. The summed E-state index contributed by atoms with van der Waals surface area (Å²) in [7, 11) is 1.77. The van der Waals surface area contributed by atoms with Crippen molar-refractivity contribution in [3.63, 3.8) is 0 Å². The summed E-state index contributed by atoms with van der Waals surface area (Å²) in [5, 5.41) is 0. The van der Waals surface area contributed by atoms with E-state index in [2.05, 4.69) is 4.98 Å². The average Bonchev–Trinajstić information content (AvgIpc) is 3.25. The number of pyridine rings is 1. The number of anilines is 1. The smallest absolute Gasteiger partial charge is 0.417 e. The SMILES string of the molecule is CN(c1ccc(C(F)(F)F)cn1)C1CCN(C(=O)OC2C3CC4CC2CC(C(N)=O)(C4)C3)C1. The number of likely N-dealkylation sites (N-methyl/N-ethyl adjacent to an activating group) is 1. The lowest BCUT2D eigenvalue weighted by Gasteiger charge is -2.58. The summed E-state index contributed by atoms with van der Waals surface area (Å²) in [5.41, 5.74) is 4.53. The van der Waals surface area contributed by atoms with Gasteiger partial charge in [-0.1, -0.05) is 0 Å². The number of amides is 2. The van der Waals surface area contributed by atoms with Crippen LogP contribution in [0, 0.1) is 23.2 Å². The number of hydrogen-bond acceptors (Lipinski definition) is 5. The third kappa shape index (κ3) is 3.91. The van der Waals surface area contributed by atoms with Crippen LogP contribution in [0.1, 0.15) is 44.1 Å². The maximum Gasteiger partial charge on any atom is 0.417 e. The number of carbonyl (C=O) groups excluding carboxylic acids is 2. The predicted octanol–water partition coefficient (Wildman–Crippen LogP) is 3.43. The monoisotopic (exact) mass is 466 g/mol. The molecule has 180 valence electrons. The van der Waals surface area contributed by atoms with E-state index in [4.69, 9.17) is 10.5 Å². The molecule has 4 aliphatic carbocycles. The van der Waals surface area contributed by atoms with Gasteiger partial charge in [0.15, 0.2) is 0 Å². The lowest BCUT2D eigenvalue weighted by Crippen LogP contribution is -2.59. The number of primary amides is 1. The fraction of sp³-hybridized carbons (Fsp3) is 0.696. The first-order valence-electron chi connectivity index (χ1n) is 11.6. The number of carbonyl (C=O) groups is 2. The Kier molecular flexibility index (Phi) is 5.25. The van der Waals surface area contributed by atoms with Crippen LogP contribution in [0.2, 0.25) is 0 Å². The van der Waals surface area contributed by atoms with Gasteiger partial charge in [-0.25, -0.2) is 9.78 Å². The van der Waals surface area contributed by atoms with E-state index in [1.807, 2.05) is 4.90 Å². The Morgan fingerprint density at radius 3 is 2.48 bits per heavy atom. The lowest BCUT2D eigenvalue weighted by molar-refractivity contribution is -0.161. The van der Waals surface area contributed by atoms with Crippen LogP contribution in [0.5, 0.6) is 0 Å². The van der Waals surface area contributed by atoms with Gasteiger partial charge in [0, 0.05) is 32.4 Å². The fourth-order valence-electron chi connectivity index (χ4n) is 6.84. The van der Waals surface area contributed by atoms with Crippen molar-refractivity contribution in [3.8, 4) is 0 Å². The molecule has 7 nitrogen and oxygen atoms in total. The molecule has 1 saturated heterocycles. The zero-order valence-electron chi connectivity index (χ0n) is 18.6. The van der Waals surface area contributed by atoms with Gasteiger partial charge in [0.05, 0.1) is 11.0 Å². The van der Waals surface area contributed by atoms with Crippen LogP contribution in [0.25, 0.3) is 0 Å². The van der Waals surface area contributed by atoms with Gasteiger partial charge >= 0.3 is 12.3 Å². The number of likely N-dealkylation sites (tertiary alicyclic amines) is 1. The molecular formula is C23H29F3N4O3. The predicted molar refractivity (Wildman–Crippen MR) is 113 cm³/mol. The summed E-state index contributed by atoms with van der Waals surface area (Å²) < 4.78 is 44.4. The zero-order valence-corrected chi connectivity index (χ0v) is 18.6. The molecule has 0 aromatic carbocycles. The Bertz CT molecular complexity index is 922. The van der Waals surface area contributed by atoms with Gasteiger partial charge in [0.2, 0.25) is 5.91 Å². The molecule has 33 heavy (non-hydrogen) atoms. The quantitative estimate of drug-likeness (QED) is 0.735. The van der Waals surface area contributed by atoms with Crippen molar-refractivity contribution in [2.45, 2.75) is 56.8 Å². The Balaban J connectivity index is 1.19. The van der Waals surface area contributed by atoms with E-state index in [-0.39, 0.29) is 36.0 Å². The molecule has 3 atom stereocenters. The van der Waals surface area contributed by atoms with Crippen molar-refractivity contribution in [1.29, 1.82) is 0 Å². The number of rotatable bonds is 4. The van der Waals surface area contributed by atoms with E-state index in [9.17, 15) is 22.8 Å². The van der Waals surface area contributed by atoms with Crippen molar-refractivity contribution in [2.75, 3.05) is 25.0 Å². The minimum atomic E-state index is -4.42. The van der Waals surface area contributed by atoms with Gasteiger partial charge in [-0.05, 0) is 68.4 Å². The van der Waals surface area contributed by atoms with Crippen LogP contribution in [0.3, 0.4) is 0 Å². The van der Waals surface area contributed by atoms with Gasteiger partial charge in [-0.2, -0.15) is 13.2 Å². The Labute approximate surface area is 190 Å². The van der Waals surface area contributed by atoms with E-state index < -0.39 is 17.2 Å². The van der Waals surface area contributed by atoms with Crippen molar-refractivity contribution >= 4 is 17.8 Å². The maximum absolute atomic E-state index is 13.0. The molecule has 6 rings (SSSR count). The zero-order chi connectivity index (χ0) is 23.5. The third-order valence-electron chi connectivity index (χ3n) is 8.35. The van der Waals surface area contributed by atoms with E-state index in [0.717, 1.165) is 31.5 Å². The van der Waals surface area contributed by atoms with E-state index in [1.165, 1.54) is 6.07 Å². The van der Waals surface area contributed by atoms with Gasteiger partial charge in [-0.3, -0.25) is 4.79 Å². The molecule has 5 fully saturated rings. The van der Waals surface area contributed by atoms with E-state index in [0.29, 0.717) is 44.1 Å². The number of halogens is 3. The number of nitrogens with two attached hydrogens (primary N) is 1. The average molecular weight is 467 g/mol. The van der Waals surface area contributed by atoms with Gasteiger partial charge < -0.3 is 20.3 Å². The summed E-state index contributed by atoms with van der Waals surface area (Å²) in [6.45, 7) is 0.943. The summed E-state index contributed by atoms with van der Waals surface area (Å²) in [6, 6.07) is 2.32. The van der Waals surface area contributed by atoms with Crippen molar-refractivity contribution in [2.24, 2.45) is 28.9 Å². The van der Waals surface area contributed by atoms with Crippen LogP contribution in [-0.4, -0.2) is 54.2 Å². The molecule has 5 aliphatic rings. The van der Waals surface area contributed by atoms with Crippen LogP contribution in [0.15, 0.2) is 18.3 Å². The molecule has 3 unspecified atom stereocenters. The fourth-order valence-corrected chi connectivity index (χ4v) is 6.84. The molecule has 2 heterocycles. The number of aromatic nitrogens is 1. The normalized spacial score (nSPS) is 35.0. The molecule has 1 aromatic rings. The second-order valence-corrected chi connectivity index (χ2v) is 10.4. The second-order valence-electron chi connectivity index (χ2n) is 10.4. The third-order valence-corrected chi connectivity index (χ3v) is 8.35. The minimum Gasteiger partial charge on any atom is -0.446 e. The number of hydrogen-bond donors (Lipinski definition) is 1. The van der Waals surface area contributed by atoms with Crippen molar-refractivity contribution < 1.29 is 27.5 Å². The first kappa shape index (κ1) is 22.3. The largest absolute Gasteiger partial charge is 0.446 e. The number of alkyl halides is 3. The van der Waals surface area contributed by atoms with Crippen LogP contribution >= 0.6 is 0 Å². The topological polar surface area (TPSA) is 88.8 Å². The van der Waals surface area contributed by atoms with Crippen LogP contribution in [0.4, 0.5) is 23.8 Å². The first-order chi connectivity index (χ1) is 15.6. The Morgan fingerprint density at radius 2 is 1.91 bits per heavy atom. The molecular weight excluding hydrogens is 437 g/mol. The maximum atomic E-state index is 13.0. The molecule has 1 aromatic heterocycles. The Hall–Kier alpha value is -2.52. The van der Waals surface area contributed by atoms with Crippen LogP contribution < -0.4 is 10.6 Å². The number of nitrogens with zero attached hydrogens (tertiary/aromatic N) is 3. The highest BCUT2D eigenvalue weighted by Gasteiger charge is 2.59. The van der Waals surface area contributed by atoms with Crippen molar-refractivity contribution in [3.05, 3.63) is 23.9 Å². The van der Waals surface area contributed by atoms with Gasteiger partial charge in [0.25, 0.3) is 0 Å². The summed E-state index contributed by atoms with van der Waals surface area (Å²) >= 11 is 0. The molecule has 4 saturated carbocycles. The first-order valence-corrected chi connectivity index (χ1v) is 11.6. The molecule has 4 bridgehead atoms. The van der Waals surface area contributed by atoms with E-state index in [1.54, 1.807) is 11.9 Å². The highest BCUT2D eigenvalue weighted by molar-refractivity contribution is 5.81. The summed E-state index contributed by atoms with van der Waals surface area (Å²) in [4.78, 5) is 32.5. The minimum absolute atomic E-state index is 0.0570. The lowest BCUT2D eigenvalue weighted by atomic mass is 9.48. The Morgan fingerprint density at radius 1 is 1.21 bits per heavy atom. The second kappa shape index (κ2) is 7.77. The van der Waals surface area contributed by atoms with Crippen LogP contribution in [-0.2, 0) is 15.7 Å². The highest BCUT2D eigenvalue weighted by Crippen LogP contribution is 2.60. The molecule has 10 heteroatoms. The molecule has 2 amide bonds. The molecule has 2 N–H and O–H groups in total. The molecule has 0 radical (unpaired) electrons. The van der Waals surface area contributed by atoms with E-state index >= 15 is 0 Å².